The van der Waals surface area contributed by atoms with E-state index in [2.05, 4.69) is 21.6 Å². The average molecular weight is 252 g/mol. The number of aldehydes is 1. The van der Waals surface area contributed by atoms with E-state index in [1.54, 1.807) is 12.1 Å². The Hall–Kier alpha value is -2.66. The highest BCUT2D eigenvalue weighted by Gasteiger charge is 2.13. The molecule has 2 aromatic rings. The first-order valence-electron chi connectivity index (χ1n) is 5.87. The molecule has 0 atom stereocenters. The molecule has 1 heterocycles. The van der Waals surface area contributed by atoms with Crippen LogP contribution in [0.15, 0.2) is 53.6 Å². The van der Waals surface area contributed by atoms with Gasteiger partial charge in [0.05, 0.1) is 0 Å². The van der Waals surface area contributed by atoms with Crippen molar-refractivity contribution in [1.82, 2.24) is 16.5 Å². The number of amidine groups is 1. The summed E-state index contributed by atoms with van der Waals surface area (Å²) >= 11 is 0. The van der Waals surface area contributed by atoms with Crippen molar-refractivity contribution in [2.24, 2.45) is 5.10 Å². The molecule has 0 saturated heterocycles. The van der Waals surface area contributed by atoms with E-state index in [0.29, 0.717) is 5.56 Å². The summed E-state index contributed by atoms with van der Waals surface area (Å²) in [5.74, 6) is 0.732. The van der Waals surface area contributed by atoms with Crippen molar-refractivity contribution in [1.29, 1.82) is 0 Å². The van der Waals surface area contributed by atoms with Crippen LogP contribution in [0.3, 0.4) is 0 Å². The molecular weight excluding hydrogens is 240 g/mol. The van der Waals surface area contributed by atoms with Gasteiger partial charge in [-0.15, -0.1) is 10.6 Å². The summed E-state index contributed by atoms with van der Waals surface area (Å²) in [6.45, 7) is 0. The Morgan fingerprint density at radius 2 is 1.68 bits per heavy atom. The first-order valence-corrected chi connectivity index (χ1v) is 5.87. The van der Waals surface area contributed by atoms with E-state index in [0.717, 1.165) is 28.8 Å². The fourth-order valence-corrected chi connectivity index (χ4v) is 2.01. The lowest BCUT2D eigenvalue weighted by molar-refractivity contribution is 0.112. The first kappa shape index (κ1) is 11.4. The highest BCUT2D eigenvalue weighted by atomic mass is 16.1. The maximum atomic E-state index is 10.7. The van der Waals surface area contributed by atoms with Gasteiger partial charge in [0.15, 0.2) is 5.84 Å². The zero-order valence-electron chi connectivity index (χ0n) is 10.1. The van der Waals surface area contributed by atoms with Gasteiger partial charge in [-0.05, 0) is 11.1 Å². The molecule has 0 unspecified atom stereocenters. The van der Waals surface area contributed by atoms with Crippen LogP contribution in [0.25, 0.3) is 11.1 Å². The van der Waals surface area contributed by atoms with Crippen molar-refractivity contribution >= 4 is 12.1 Å². The van der Waals surface area contributed by atoms with Crippen molar-refractivity contribution in [2.45, 2.75) is 0 Å². The van der Waals surface area contributed by atoms with E-state index < -0.39 is 0 Å². The standard InChI is InChI=1S/C14H12N4O/c19-9-10-5-7-11(8-6-10)12-3-1-2-4-13(12)14-15-17-18-16-14/h1-9,17-18H,(H,15,16). The maximum Gasteiger partial charge on any atom is 0.171 e. The quantitative estimate of drug-likeness (QED) is 0.723. The minimum Gasteiger partial charge on any atom is -0.298 e. The lowest BCUT2D eigenvalue weighted by Crippen LogP contribution is -2.35. The number of hydrogen-bond acceptors (Lipinski definition) is 5. The molecule has 0 aliphatic carbocycles. The van der Waals surface area contributed by atoms with Gasteiger partial charge in [0.25, 0.3) is 0 Å². The number of carbonyl (C=O) groups is 1. The number of nitrogens with one attached hydrogen (secondary N) is 3. The van der Waals surface area contributed by atoms with Gasteiger partial charge in [0.2, 0.25) is 0 Å². The smallest absolute Gasteiger partial charge is 0.171 e. The van der Waals surface area contributed by atoms with Crippen LogP contribution < -0.4 is 16.5 Å². The van der Waals surface area contributed by atoms with Crippen molar-refractivity contribution in [3.05, 3.63) is 59.7 Å². The van der Waals surface area contributed by atoms with Crippen molar-refractivity contribution in [3.8, 4) is 11.1 Å². The molecule has 2 aromatic carbocycles. The van der Waals surface area contributed by atoms with Gasteiger partial charge < -0.3 is 0 Å². The topological polar surface area (TPSA) is 65.5 Å². The molecule has 0 amide bonds. The second-order valence-electron chi connectivity index (χ2n) is 4.11. The monoisotopic (exact) mass is 252 g/mol. The number of hydrogen-bond donors (Lipinski definition) is 3. The molecule has 5 nitrogen and oxygen atoms in total. The van der Waals surface area contributed by atoms with Crippen LogP contribution in [-0.2, 0) is 0 Å². The highest BCUT2D eigenvalue weighted by Crippen LogP contribution is 2.24. The van der Waals surface area contributed by atoms with Crippen molar-refractivity contribution < 1.29 is 4.79 Å². The predicted molar refractivity (Wildman–Crippen MR) is 73.2 cm³/mol. The van der Waals surface area contributed by atoms with Crippen LogP contribution in [0.1, 0.15) is 15.9 Å². The molecule has 1 aliphatic rings. The van der Waals surface area contributed by atoms with Gasteiger partial charge in [0, 0.05) is 11.1 Å². The van der Waals surface area contributed by atoms with Crippen molar-refractivity contribution in [2.75, 3.05) is 0 Å². The molecule has 3 N–H and O–H groups in total. The van der Waals surface area contributed by atoms with Gasteiger partial charge in [-0.2, -0.15) is 0 Å². The third kappa shape index (κ3) is 2.19. The average Bonchev–Trinajstić information content (AvgIpc) is 3.01. The number of nitrogens with zero attached hydrogens (tertiary/aromatic N) is 1. The fraction of sp³-hybridized carbons (Fsp3) is 0. The molecule has 0 saturated carbocycles. The Labute approximate surface area is 110 Å². The summed E-state index contributed by atoms with van der Waals surface area (Å²) in [4.78, 5) is 10.7. The molecule has 0 bridgehead atoms. The zero-order valence-corrected chi connectivity index (χ0v) is 10.1. The Morgan fingerprint density at radius 1 is 0.947 bits per heavy atom. The second-order valence-corrected chi connectivity index (χ2v) is 4.11. The summed E-state index contributed by atoms with van der Waals surface area (Å²) in [6.07, 6.45) is 0.839. The Morgan fingerprint density at radius 3 is 2.32 bits per heavy atom. The third-order valence-corrected chi connectivity index (χ3v) is 2.94. The summed E-state index contributed by atoms with van der Waals surface area (Å²) in [7, 11) is 0. The van der Waals surface area contributed by atoms with Gasteiger partial charge in [-0.1, -0.05) is 48.5 Å². The van der Waals surface area contributed by atoms with E-state index in [1.165, 1.54) is 0 Å². The SMILES string of the molecule is O=Cc1ccc(-c2ccccc2C2=NNNN2)cc1. The van der Waals surface area contributed by atoms with Crippen LogP contribution in [-0.4, -0.2) is 12.1 Å². The van der Waals surface area contributed by atoms with Crippen LogP contribution >= 0.6 is 0 Å². The summed E-state index contributed by atoms with van der Waals surface area (Å²) in [5.41, 5.74) is 12.0. The zero-order chi connectivity index (χ0) is 13.1. The summed E-state index contributed by atoms with van der Waals surface area (Å²) in [6, 6.07) is 15.4. The highest BCUT2D eigenvalue weighted by molar-refractivity contribution is 6.04. The number of hydrazine groups is 2. The van der Waals surface area contributed by atoms with Crippen LogP contribution in [0.2, 0.25) is 0 Å². The van der Waals surface area contributed by atoms with E-state index in [-0.39, 0.29) is 0 Å². The minimum atomic E-state index is 0.667. The fourth-order valence-electron chi connectivity index (χ4n) is 2.01. The van der Waals surface area contributed by atoms with E-state index in [9.17, 15) is 4.79 Å². The Bertz CT molecular complexity index is 634. The van der Waals surface area contributed by atoms with Gasteiger partial charge in [0.1, 0.15) is 6.29 Å². The number of benzene rings is 2. The molecule has 3 rings (SSSR count). The number of carbonyl (C=O) groups excluding carboxylic acids is 1. The largest absolute Gasteiger partial charge is 0.298 e. The van der Waals surface area contributed by atoms with Crippen molar-refractivity contribution in [3.63, 3.8) is 0 Å². The van der Waals surface area contributed by atoms with Crippen LogP contribution in [0.4, 0.5) is 0 Å². The van der Waals surface area contributed by atoms with Gasteiger partial charge in [-0.3, -0.25) is 10.2 Å². The van der Waals surface area contributed by atoms with Crippen LogP contribution in [0, 0.1) is 0 Å². The summed E-state index contributed by atoms with van der Waals surface area (Å²) < 4.78 is 0. The molecule has 5 heteroatoms. The minimum absolute atomic E-state index is 0.667. The van der Waals surface area contributed by atoms with Gasteiger partial charge in [-0.25, -0.2) is 5.53 Å². The Kier molecular flexibility index (Phi) is 2.96. The summed E-state index contributed by atoms with van der Waals surface area (Å²) in [5, 5.41) is 4.11. The number of hydrazone groups is 1. The lowest BCUT2D eigenvalue weighted by atomic mass is 9.98. The van der Waals surface area contributed by atoms with Gasteiger partial charge >= 0.3 is 0 Å². The number of rotatable bonds is 3. The molecular formula is C14H12N4O. The predicted octanol–water partition coefficient (Wildman–Crippen LogP) is 1.44. The second kappa shape index (κ2) is 4.91. The molecule has 0 aromatic heterocycles. The van der Waals surface area contributed by atoms with E-state index in [1.807, 2.05) is 36.4 Å². The van der Waals surface area contributed by atoms with E-state index >= 15 is 0 Å². The molecule has 0 spiro atoms. The molecule has 94 valence electrons. The normalized spacial score (nSPS) is 13.4. The van der Waals surface area contributed by atoms with Crippen LogP contribution in [0.5, 0.6) is 0 Å². The van der Waals surface area contributed by atoms with E-state index in [4.69, 9.17) is 0 Å². The lowest BCUT2D eigenvalue weighted by Gasteiger charge is -2.09. The Balaban J connectivity index is 2.06. The molecule has 19 heavy (non-hydrogen) atoms. The first-order chi connectivity index (χ1) is 9.38. The third-order valence-electron chi connectivity index (χ3n) is 2.94. The molecule has 1 aliphatic heterocycles. The molecule has 0 radical (unpaired) electrons. The maximum absolute atomic E-state index is 10.7. The molecule has 0 fully saturated rings.